The van der Waals surface area contributed by atoms with Crippen molar-refractivity contribution in [2.45, 2.75) is 18.4 Å². The first kappa shape index (κ1) is 26.4. The van der Waals surface area contributed by atoms with E-state index >= 15 is 4.39 Å². The third-order valence-corrected chi connectivity index (χ3v) is 7.98. The van der Waals surface area contributed by atoms with Gasteiger partial charge in [-0.15, -0.1) is 0 Å². The fourth-order valence-corrected chi connectivity index (χ4v) is 5.65. The zero-order valence-electron chi connectivity index (χ0n) is 19.5. The number of benzene rings is 2. The highest BCUT2D eigenvalue weighted by molar-refractivity contribution is 7.92. The molecule has 0 saturated carbocycles. The number of pyridine rings is 2. The third-order valence-electron chi connectivity index (χ3n) is 5.62. The van der Waals surface area contributed by atoms with Gasteiger partial charge in [0.1, 0.15) is 27.7 Å². The molecule has 1 amide bonds. The number of nitrogen functional groups attached to an aromatic ring is 1. The second-order valence-electron chi connectivity index (χ2n) is 7.83. The number of rotatable bonds is 6. The van der Waals surface area contributed by atoms with E-state index in [1.54, 1.807) is 6.92 Å². The van der Waals surface area contributed by atoms with Crippen LogP contribution in [0.2, 0.25) is 10.0 Å². The van der Waals surface area contributed by atoms with Crippen molar-refractivity contribution in [1.29, 1.82) is 0 Å². The van der Waals surface area contributed by atoms with Gasteiger partial charge >= 0.3 is 0 Å². The lowest BCUT2D eigenvalue weighted by Gasteiger charge is -2.16. The van der Waals surface area contributed by atoms with Crippen molar-refractivity contribution in [2.24, 2.45) is 0 Å². The number of nitrogens with zero attached hydrogens (tertiary/aromatic N) is 2. The van der Waals surface area contributed by atoms with E-state index in [1.807, 2.05) is 0 Å². The van der Waals surface area contributed by atoms with Crippen LogP contribution in [0.15, 0.2) is 58.2 Å². The first-order chi connectivity index (χ1) is 17.5. The van der Waals surface area contributed by atoms with Gasteiger partial charge in [-0.1, -0.05) is 29.3 Å². The predicted molar refractivity (Wildman–Crippen MR) is 142 cm³/mol. The minimum Gasteiger partial charge on any atom is -0.384 e. The molecule has 0 saturated heterocycles. The molecule has 4 rings (SSSR count). The summed E-state index contributed by atoms with van der Waals surface area (Å²) in [5.74, 6) is -1.46. The number of halogens is 3. The summed E-state index contributed by atoms with van der Waals surface area (Å²) in [5, 5.41) is 2.44. The van der Waals surface area contributed by atoms with Gasteiger partial charge in [-0.2, -0.15) is 0 Å². The Morgan fingerprint density at radius 1 is 1.16 bits per heavy atom. The monoisotopic (exact) mass is 563 g/mol. The predicted octanol–water partition coefficient (Wildman–Crippen LogP) is 4.27. The third kappa shape index (κ3) is 4.73. The van der Waals surface area contributed by atoms with Crippen molar-refractivity contribution in [3.63, 3.8) is 0 Å². The van der Waals surface area contributed by atoms with E-state index in [9.17, 15) is 18.0 Å². The van der Waals surface area contributed by atoms with Crippen molar-refractivity contribution >= 4 is 61.7 Å². The number of aryl methyl sites for hydroxylation is 1. The second-order valence-corrected chi connectivity index (χ2v) is 10.3. The van der Waals surface area contributed by atoms with Gasteiger partial charge in [0.15, 0.2) is 0 Å². The highest BCUT2D eigenvalue weighted by Gasteiger charge is 2.22. The summed E-state index contributed by atoms with van der Waals surface area (Å²) >= 11 is 11.9. The second kappa shape index (κ2) is 10.0. The van der Waals surface area contributed by atoms with E-state index in [2.05, 4.69) is 15.0 Å². The highest BCUT2D eigenvalue weighted by atomic mass is 35.5. The van der Waals surface area contributed by atoms with Crippen LogP contribution in [0.25, 0.3) is 22.3 Å². The minimum atomic E-state index is -4.15. The number of nitrogens with two attached hydrogens (primary N) is 1. The molecule has 0 unspecified atom stereocenters. The number of anilines is 2. The fourth-order valence-electron chi connectivity index (χ4n) is 3.83. The summed E-state index contributed by atoms with van der Waals surface area (Å²) in [6.45, 7) is 2.05. The normalized spacial score (nSPS) is 11.5. The van der Waals surface area contributed by atoms with Crippen LogP contribution in [0.1, 0.15) is 17.3 Å². The average Bonchev–Trinajstić information content (AvgIpc) is 2.85. The largest absolute Gasteiger partial charge is 0.384 e. The molecule has 0 spiro atoms. The van der Waals surface area contributed by atoms with Gasteiger partial charge in [0, 0.05) is 19.2 Å². The number of nitrogens with one attached hydrogen (secondary N) is 2. The van der Waals surface area contributed by atoms with Gasteiger partial charge in [-0.05, 0) is 49.4 Å². The maximum absolute atomic E-state index is 15.1. The summed E-state index contributed by atoms with van der Waals surface area (Å²) in [6, 6.07) is 10.7. The van der Waals surface area contributed by atoms with Crippen LogP contribution in [0.5, 0.6) is 0 Å². The first-order valence-electron chi connectivity index (χ1n) is 10.8. The van der Waals surface area contributed by atoms with Crippen LogP contribution in [-0.2, 0) is 16.6 Å². The van der Waals surface area contributed by atoms with Crippen LogP contribution in [0.4, 0.5) is 15.9 Å². The van der Waals surface area contributed by atoms with Gasteiger partial charge in [-0.25, -0.2) is 17.8 Å². The topological polar surface area (TPSA) is 136 Å². The summed E-state index contributed by atoms with van der Waals surface area (Å²) in [7, 11) is -2.77. The van der Waals surface area contributed by atoms with Gasteiger partial charge < -0.3 is 15.6 Å². The van der Waals surface area contributed by atoms with E-state index in [0.717, 1.165) is 6.07 Å². The Hall–Kier alpha value is -3.67. The summed E-state index contributed by atoms with van der Waals surface area (Å²) in [5.41, 5.74) is 5.66. The quantitative estimate of drug-likeness (QED) is 0.320. The summed E-state index contributed by atoms with van der Waals surface area (Å²) < 4.78 is 44.4. The molecule has 0 radical (unpaired) electrons. The molecule has 9 nitrogen and oxygen atoms in total. The summed E-state index contributed by atoms with van der Waals surface area (Å²) in [6.07, 6.45) is 0. The van der Waals surface area contributed by atoms with Crippen molar-refractivity contribution in [3.05, 3.63) is 80.2 Å². The molecule has 2 aromatic carbocycles. The van der Waals surface area contributed by atoms with Crippen molar-refractivity contribution < 1.29 is 17.6 Å². The molecule has 0 fully saturated rings. The Labute approximate surface area is 221 Å². The Morgan fingerprint density at radius 3 is 2.54 bits per heavy atom. The van der Waals surface area contributed by atoms with E-state index in [0.29, 0.717) is 6.54 Å². The Morgan fingerprint density at radius 2 is 1.89 bits per heavy atom. The zero-order valence-corrected chi connectivity index (χ0v) is 21.8. The zero-order chi connectivity index (χ0) is 27.1. The average molecular weight is 564 g/mol. The molecular weight excluding hydrogens is 544 g/mol. The highest BCUT2D eigenvalue weighted by Crippen LogP contribution is 2.31. The molecule has 0 bridgehead atoms. The van der Waals surface area contributed by atoms with Crippen LogP contribution < -0.4 is 21.2 Å². The van der Waals surface area contributed by atoms with Crippen LogP contribution >= 0.6 is 23.2 Å². The van der Waals surface area contributed by atoms with Gasteiger partial charge in [0.2, 0.25) is 5.43 Å². The molecule has 4 N–H and O–H groups in total. The molecule has 0 aliphatic heterocycles. The summed E-state index contributed by atoms with van der Waals surface area (Å²) in [4.78, 5) is 29.3. The molecule has 37 heavy (non-hydrogen) atoms. The van der Waals surface area contributed by atoms with E-state index < -0.39 is 27.2 Å². The van der Waals surface area contributed by atoms with Gasteiger partial charge in [-0.3, -0.25) is 14.3 Å². The van der Waals surface area contributed by atoms with E-state index in [4.69, 9.17) is 28.9 Å². The van der Waals surface area contributed by atoms with Crippen LogP contribution in [0.3, 0.4) is 0 Å². The maximum atomic E-state index is 15.1. The number of aromatic nitrogens is 2. The number of hydrogen-bond acceptors (Lipinski definition) is 6. The van der Waals surface area contributed by atoms with Crippen LogP contribution in [-0.4, -0.2) is 30.9 Å². The number of fused-ring (bicyclic) bond motifs is 1. The molecule has 2 aromatic heterocycles. The fraction of sp³-hybridized carbons (Fsp3) is 0.125. The standard InChI is InChI=1S/C24H20Cl2FN5O4S/c1-3-32-22(28)19(24(34)29-2)21(33)14-9-10-17(30-23(14)32)13-8-7-12(11-16(13)27)31-37(35,36)18-6-4-5-15(25)20(18)26/h4-11,31H,3,28H2,1-2H3,(H,29,34). The first-order valence-corrected chi connectivity index (χ1v) is 13.1. The lowest BCUT2D eigenvalue weighted by atomic mass is 10.1. The van der Waals surface area contributed by atoms with Crippen LogP contribution in [0, 0.1) is 5.82 Å². The molecule has 0 atom stereocenters. The molecule has 0 aliphatic rings. The molecule has 192 valence electrons. The minimum absolute atomic E-state index is 0.0506. The van der Waals surface area contributed by atoms with Gasteiger partial charge in [0.05, 0.1) is 26.8 Å². The Kier molecular flexibility index (Phi) is 7.13. The van der Waals surface area contributed by atoms with Crippen molar-refractivity contribution in [2.75, 3.05) is 17.5 Å². The van der Waals surface area contributed by atoms with Crippen molar-refractivity contribution in [3.8, 4) is 11.3 Å². The van der Waals surface area contributed by atoms with Crippen molar-refractivity contribution in [1.82, 2.24) is 14.9 Å². The SMILES string of the molecule is CCn1c(N)c(C(=O)NC)c(=O)c2ccc(-c3ccc(NS(=O)(=O)c4cccc(Cl)c4Cl)cc3F)nc21. The Balaban J connectivity index is 1.76. The number of sulfonamides is 1. The maximum Gasteiger partial charge on any atom is 0.263 e. The molecule has 0 aliphatic carbocycles. The van der Waals surface area contributed by atoms with E-state index in [1.165, 1.54) is 54.1 Å². The molecule has 2 heterocycles. The molecule has 13 heteroatoms. The lowest BCUT2D eigenvalue weighted by molar-refractivity contribution is 0.0962. The number of amides is 1. The lowest BCUT2D eigenvalue weighted by Crippen LogP contribution is -2.30. The Bertz CT molecular complexity index is 1740. The number of carbonyl (C=O) groups is 1. The smallest absolute Gasteiger partial charge is 0.263 e. The molecule has 4 aromatic rings. The number of carbonyl (C=O) groups excluding carboxylic acids is 1. The van der Waals surface area contributed by atoms with Gasteiger partial charge in [0.25, 0.3) is 15.9 Å². The number of hydrogen-bond donors (Lipinski definition) is 3. The molecular formula is C24H20Cl2FN5O4S. The van der Waals surface area contributed by atoms with E-state index in [-0.39, 0.29) is 54.3 Å².